The zero-order valence-corrected chi connectivity index (χ0v) is 9.28. The van der Waals surface area contributed by atoms with Crippen LogP contribution in [0.4, 0.5) is 0 Å². The Labute approximate surface area is 89.9 Å². The molecule has 1 heterocycles. The van der Waals surface area contributed by atoms with Gasteiger partial charge >= 0.3 is 0 Å². The molecule has 2 aromatic rings. The Hall–Kier alpha value is -1.16. The fraction of sp³-hybridized carbons (Fsp3) is 0.200. The number of benzene rings is 1. The number of nitrogens with zero attached hydrogens (tertiary/aromatic N) is 2. The van der Waals surface area contributed by atoms with E-state index < -0.39 is 0 Å². The Morgan fingerprint density at radius 2 is 2.36 bits per heavy atom. The van der Waals surface area contributed by atoms with E-state index in [2.05, 4.69) is 20.9 Å². The van der Waals surface area contributed by atoms with Crippen molar-refractivity contribution in [2.75, 3.05) is 0 Å². The van der Waals surface area contributed by atoms with E-state index in [1.807, 2.05) is 23.7 Å². The summed E-state index contributed by atoms with van der Waals surface area (Å²) in [6.07, 6.45) is 3.10. The molecular formula is C10H9BrN2O. The third-order valence-electron chi connectivity index (χ3n) is 2.14. The third-order valence-corrected chi connectivity index (χ3v) is 2.75. The summed E-state index contributed by atoms with van der Waals surface area (Å²) in [5, 5.41) is 0. The van der Waals surface area contributed by atoms with Gasteiger partial charge in [0.15, 0.2) is 0 Å². The monoisotopic (exact) mass is 252 g/mol. The number of imidazole rings is 1. The number of halogens is 1. The standard InChI is InChI=1S/C10H9BrN2O/c1-13-6-12-9-5-7(2-3-14)4-8(11)10(9)13/h3-6H,2H2,1H3. The van der Waals surface area contributed by atoms with E-state index in [-0.39, 0.29) is 0 Å². The first-order valence-corrected chi connectivity index (χ1v) is 5.05. The Morgan fingerprint density at radius 3 is 3.07 bits per heavy atom. The molecule has 0 spiro atoms. The maximum atomic E-state index is 10.4. The van der Waals surface area contributed by atoms with Gasteiger partial charge in [0.25, 0.3) is 0 Å². The highest BCUT2D eigenvalue weighted by Gasteiger charge is 2.05. The Kier molecular flexibility index (Phi) is 2.37. The summed E-state index contributed by atoms with van der Waals surface area (Å²) in [7, 11) is 1.94. The number of carbonyl (C=O) groups excluding carboxylic acids is 1. The minimum absolute atomic E-state index is 0.436. The van der Waals surface area contributed by atoms with E-state index in [1.54, 1.807) is 6.33 Å². The normalized spacial score (nSPS) is 10.7. The van der Waals surface area contributed by atoms with Gasteiger partial charge in [0.1, 0.15) is 6.29 Å². The van der Waals surface area contributed by atoms with Crippen LogP contribution in [-0.4, -0.2) is 15.8 Å². The first-order valence-electron chi connectivity index (χ1n) is 4.25. The number of rotatable bonds is 2. The van der Waals surface area contributed by atoms with Crippen molar-refractivity contribution >= 4 is 33.2 Å². The lowest BCUT2D eigenvalue weighted by molar-refractivity contribution is -0.107. The van der Waals surface area contributed by atoms with Gasteiger partial charge in [-0.25, -0.2) is 4.98 Å². The van der Waals surface area contributed by atoms with Crippen LogP contribution in [0, 0.1) is 0 Å². The van der Waals surface area contributed by atoms with Gasteiger partial charge in [-0.2, -0.15) is 0 Å². The van der Waals surface area contributed by atoms with E-state index in [9.17, 15) is 4.79 Å². The van der Waals surface area contributed by atoms with Crippen molar-refractivity contribution in [3.8, 4) is 0 Å². The molecule has 0 amide bonds. The summed E-state index contributed by atoms with van der Waals surface area (Å²) in [6, 6.07) is 3.90. The average molecular weight is 253 g/mol. The van der Waals surface area contributed by atoms with Crippen LogP contribution in [-0.2, 0) is 18.3 Å². The second-order valence-corrected chi connectivity index (χ2v) is 4.03. The summed E-state index contributed by atoms with van der Waals surface area (Å²) >= 11 is 3.47. The van der Waals surface area contributed by atoms with E-state index >= 15 is 0 Å². The van der Waals surface area contributed by atoms with Gasteiger partial charge in [-0.05, 0) is 33.6 Å². The lowest BCUT2D eigenvalue weighted by Gasteiger charge is -2.00. The lowest BCUT2D eigenvalue weighted by atomic mass is 10.1. The molecule has 0 aliphatic rings. The number of aldehydes is 1. The van der Waals surface area contributed by atoms with Crippen molar-refractivity contribution in [3.63, 3.8) is 0 Å². The van der Waals surface area contributed by atoms with Crippen molar-refractivity contribution in [2.45, 2.75) is 6.42 Å². The Balaban J connectivity index is 2.67. The molecule has 0 saturated carbocycles. The van der Waals surface area contributed by atoms with Crippen LogP contribution in [0.15, 0.2) is 22.9 Å². The maximum Gasteiger partial charge on any atom is 0.124 e. The van der Waals surface area contributed by atoms with Crippen molar-refractivity contribution in [1.29, 1.82) is 0 Å². The Bertz CT molecular complexity index is 490. The Morgan fingerprint density at radius 1 is 1.57 bits per heavy atom. The van der Waals surface area contributed by atoms with Crippen molar-refractivity contribution < 1.29 is 4.79 Å². The second kappa shape index (κ2) is 3.53. The lowest BCUT2D eigenvalue weighted by Crippen LogP contribution is -1.89. The largest absolute Gasteiger partial charge is 0.333 e. The van der Waals surface area contributed by atoms with Gasteiger partial charge in [0.2, 0.25) is 0 Å². The van der Waals surface area contributed by atoms with Crippen LogP contribution in [0.25, 0.3) is 11.0 Å². The summed E-state index contributed by atoms with van der Waals surface area (Å²) < 4.78 is 2.93. The summed E-state index contributed by atoms with van der Waals surface area (Å²) in [4.78, 5) is 14.6. The molecule has 0 N–H and O–H groups in total. The topological polar surface area (TPSA) is 34.9 Å². The quantitative estimate of drug-likeness (QED) is 0.768. The van der Waals surface area contributed by atoms with Crippen LogP contribution in [0.5, 0.6) is 0 Å². The molecular weight excluding hydrogens is 244 g/mol. The van der Waals surface area contributed by atoms with Crippen LogP contribution < -0.4 is 0 Å². The molecule has 0 bridgehead atoms. The molecule has 0 saturated heterocycles. The molecule has 0 fully saturated rings. The molecule has 0 aliphatic heterocycles. The SMILES string of the molecule is Cn1cnc2cc(CC=O)cc(Br)c21. The van der Waals surface area contributed by atoms with Gasteiger partial charge in [-0.3, -0.25) is 0 Å². The van der Waals surface area contributed by atoms with E-state index in [1.165, 1.54) is 0 Å². The fourth-order valence-electron chi connectivity index (χ4n) is 1.51. The number of aromatic nitrogens is 2. The maximum absolute atomic E-state index is 10.4. The number of hydrogen-bond acceptors (Lipinski definition) is 2. The average Bonchev–Trinajstić information content (AvgIpc) is 2.48. The smallest absolute Gasteiger partial charge is 0.124 e. The van der Waals surface area contributed by atoms with Crippen LogP contribution in [0.2, 0.25) is 0 Å². The molecule has 72 valence electrons. The zero-order chi connectivity index (χ0) is 10.1. The second-order valence-electron chi connectivity index (χ2n) is 3.17. The van der Waals surface area contributed by atoms with Crippen molar-refractivity contribution in [3.05, 3.63) is 28.5 Å². The van der Waals surface area contributed by atoms with E-state index in [0.29, 0.717) is 6.42 Å². The zero-order valence-electron chi connectivity index (χ0n) is 7.70. The number of aryl methyl sites for hydroxylation is 1. The number of hydrogen-bond donors (Lipinski definition) is 0. The summed E-state index contributed by atoms with van der Waals surface area (Å²) in [5.74, 6) is 0. The first-order chi connectivity index (χ1) is 6.72. The highest BCUT2D eigenvalue weighted by atomic mass is 79.9. The van der Waals surface area contributed by atoms with Gasteiger partial charge in [0, 0.05) is 17.9 Å². The van der Waals surface area contributed by atoms with Crippen molar-refractivity contribution in [1.82, 2.24) is 9.55 Å². The fourth-order valence-corrected chi connectivity index (χ4v) is 2.28. The first kappa shape index (κ1) is 9.40. The predicted octanol–water partition coefficient (Wildman–Crippen LogP) is 2.08. The number of carbonyl (C=O) groups is 1. The molecule has 4 heteroatoms. The molecule has 1 aromatic heterocycles. The highest BCUT2D eigenvalue weighted by molar-refractivity contribution is 9.10. The summed E-state index contributed by atoms with van der Waals surface area (Å²) in [6.45, 7) is 0. The van der Waals surface area contributed by atoms with Crippen LogP contribution in [0.1, 0.15) is 5.56 Å². The highest BCUT2D eigenvalue weighted by Crippen LogP contribution is 2.24. The minimum atomic E-state index is 0.436. The van der Waals surface area contributed by atoms with Crippen LogP contribution in [0.3, 0.4) is 0 Å². The van der Waals surface area contributed by atoms with Crippen LogP contribution >= 0.6 is 15.9 Å². The molecule has 0 radical (unpaired) electrons. The van der Waals surface area contributed by atoms with Gasteiger partial charge in [-0.15, -0.1) is 0 Å². The molecule has 0 aliphatic carbocycles. The minimum Gasteiger partial charge on any atom is -0.333 e. The van der Waals surface area contributed by atoms with Gasteiger partial charge < -0.3 is 9.36 Å². The molecule has 0 unspecified atom stereocenters. The molecule has 1 aromatic carbocycles. The number of fused-ring (bicyclic) bond motifs is 1. The molecule has 0 atom stereocenters. The van der Waals surface area contributed by atoms with Gasteiger partial charge in [-0.1, -0.05) is 0 Å². The van der Waals surface area contributed by atoms with Crippen molar-refractivity contribution in [2.24, 2.45) is 7.05 Å². The molecule has 14 heavy (non-hydrogen) atoms. The molecule has 2 rings (SSSR count). The molecule has 3 nitrogen and oxygen atoms in total. The summed E-state index contributed by atoms with van der Waals surface area (Å²) in [5.41, 5.74) is 2.96. The predicted molar refractivity (Wildman–Crippen MR) is 58.2 cm³/mol. The van der Waals surface area contributed by atoms with E-state index in [0.717, 1.165) is 27.4 Å². The van der Waals surface area contributed by atoms with Gasteiger partial charge in [0.05, 0.1) is 17.4 Å². The third kappa shape index (κ3) is 1.46. The van der Waals surface area contributed by atoms with E-state index in [4.69, 9.17) is 0 Å².